The van der Waals surface area contributed by atoms with Crippen LogP contribution in [0.15, 0.2) is 12.5 Å². The number of aryl methyl sites for hydroxylation is 2. The van der Waals surface area contributed by atoms with Gasteiger partial charge in [0.05, 0.1) is 12.0 Å². The van der Waals surface area contributed by atoms with Gasteiger partial charge in [0.25, 0.3) is 0 Å². The number of nitrogens with zero attached hydrogens (tertiary/aromatic N) is 3. The van der Waals surface area contributed by atoms with Crippen molar-refractivity contribution < 1.29 is 0 Å². The first-order chi connectivity index (χ1) is 7.74. The predicted molar refractivity (Wildman–Crippen MR) is 62.1 cm³/mol. The molecule has 0 fully saturated rings. The Kier molecular flexibility index (Phi) is 2.09. The zero-order valence-corrected chi connectivity index (χ0v) is 9.70. The molecule has 2 aromatic rings. The molecule has 1 atom stereocenters. The Balaban J connectivity index is 2.04. The van der Waals surface area contributed by atoms with Gasteiger partial charge >= 0.3 is 0 Å². The molecular weight excluding hydrogens is 200 g/mol. The maximum absolute atomic E-state index is 4.68. The summed E-state index contributed by atoms with van der Waals surface area (Å²) in [5.41, 5.74) is 3.48. The average Bonchev–Trinajstić information content (AvgIpc) is 2.84. The van der Waals surface area contributed by atoms with Crippen LogP contribution in [-0.2, 0) is 13.5 Å². The molecular formula is C12H16N4. The summed E-state index contributed by atoms with van der Waals surface area (Å²) in [6.45, 7) is 2.25. The summed E-state index contributed by atoms with van der Waals surface area (Å²) in [4.78, 5) is 12.4. The van der Waals surface area contributed by atoms with E-state index in [0.717, 1.165) is 17.9 Å². The number of nitrogens with one attached hydrogen (secondary N) is 1. The lowest BCUT2D eigenvalue weighted by Crippen LogP contribution is -2.05. The van der Waals surface area contributed by atoms with Gasteiger partial charge in [0.15, 0.2) is 5.82 Å². The van der Waals surface area contributed by atoms with Gasteiger partial charge in [0.1, 0.15) is 5.69 Å². The highest BCUT2D eigenvalue weighted by molar-refractivity contribution is 5.49. The zero-order chi connectivity index (χ0) is 11.1. The summed E-state index contributed by atoms with van der Waals surface area (Å²) in [5.74, 6) is 1.50. The lowest BCUT2D eigenvalue weighted by atomic mass is 9.92. The largest absolute Gasteiger partial charge is 0.340 e. The van der Waals surface area contributed by atoms with Crippen molar-refractivity contribution in [1.82, 2.24) is 19.5 Å². The van der Waals surface area contributed by atoms with E-state index in [4.69, 9.17) is 0 Å². The van der Waals surface area contributed by atoms with Crippen LogP contribution in [0, 0.1) is 0 Å². The zero-order valence-electron chi connectivity index (χ0n) is 9.70. The average molecular weight is 216 g/mol. The van der Waals surface area contributed by atoms with Crippen LogP contribution in [0.2, 0.25) is 0 Å². The summed E-state index contributed by atoms with van der Waals surface area (Å²) >= 11 is 0. The Morgan fingerprint density at radius 3 is 3.06 bits per heavy atom. The molecule has 4 nitrogen and oxygen atoms in total. The molecule has 4 heteroatoms. The van der Waals surface area contributed by atoms with Gasteiger partial charge in [-0.1, -0.05) is 6.92 Å². The van der Waals surface area contributed by atoms with Crippen molar-refractivity contribution in [3.05, 3.63) is 23.9 Å². The second-order valence-electron chi connectivity index (χ2n) is 4.67. The number of hydrogen-bond acceptors (Lipinski definition) is 2. The fourth-order valence-electron chi connectivity index (χ4n) is 2.40. The monoisotopic (exact) mass is 216 g/mol. The van der Waals surface area contributed by atoms with Crippen LogP contribution >= 0.6 is 0 Å². The smallest absolute Gasteiger partial charge is 0.158 e. The summed E-state index contributed by atoms with van der Waals surface area (Å²) in [6.07, 6.45) is 7.44. The van der Waals surface area contributed by atoms with E-state index in [1.54, 1.807) is 6.33 Å². The maximum atomic E-state index is 4.68. The second-order valence-corrected chi connectivity index (χ2v) is 4.67. The van der Waals surface area contributed by atoms with E-state index in [0.29, 0.717) is 5.92 Å². The second kappa shape index (κ2) is 3.47. The minimum absolute atomic E-state index is 0.581. The molecule has 0 spiro atoms. The minimum atomic E-state index is 0.581. The molecule has 1 N–H and O–H groups in total. The molecule has 84 valence electrons. The van der Waals surface area contributed by atoms with Crippen LogP contribution in [0.5, 0.6) is 0 Å². The quantitative estimate of drug-likeness (QED) is 0.794. The van der Waals surface area contributed by atoms with Crippen LogP contribution in [0.4, 0.5) is 0 Å². The number of hydrogen-bond donors (Lipinski definition) is 1. The highest BCUT2D eigenvalue weighted by atomic mass is 15.0. The predicted octanol–water partition coefficient (Wildman–Crippen LogP) is 2.25. The molecule has 0 bridgehead atoms. The summed E-state index contributed by atoms with van der Waals surface area (Å²) < 4.78 is 1.94. The van der Waals surface area contributed by atoms with Crippen molar-refractivity contribution in [3.63, 3.8) is 0 Å². The highest BCUT2D eigenvalue weighted by Gasteiger charge is 2.21. The molecule has 0 saturated carbocycles. The summed E-state index contributed by atoms with van der Waals surface area (Å²) in [5, 5.41) is 0. The molecule has 2 aromatic heterocycles. The molecule has 16 heavy (non-hydrogen) atoms. The molecule has 1 aliphatic rings. The van der Waals surface area contributed by atoms with Crippen LogP contribution in [0.25, 0.3) is 11.5 Å². The SMILES string of the molecule is CC1CCCc2[nH]c(-c3cn(C)cn3)nc21. The highest BCUT2D eigenvalue weighted by Crippen LogP contribution is 2.31. The van der Waals surface area contributed by atoms with E-state index in [1.807, 2.05) is 17.8 Å². The van der Waals surface area contributed by atoms with Crippen LogP contribution in [-0.4, -0.2) is 19.5 Å². The molecule has 1 aliphatic carbocycles. The third-order valence-electron chi connectivity index (χ3n) is 3.29. The first-order valence-corrected chi connectivity index (χ1v) is 5.81. The Labute approximate surface area is 94.7 Å². The Hall–Kier alpha value is -1.58. The number of imidazole rings is 2. The number of rotatable bonds is 1. The van der Waals surface area contributed by atoms with Gasteiger partial charge in [-0.2, -0.15) is 0 Å². The van der Waals surface area contributed by atoms with Crippen molar-refractivity contribution in [2.75, 3.05) is 0 Å². The van der Waals surface area contributed by atoms with Gasteiger partial charge in [-0.15, -0.1) is 0 Å². The first-order valence-electron chi connectivity index (χ1n) is 5.81. The van der Waals surface area contributed by atoms with Gasteiger partial charge in [0.2, 0.25) is 0 Å². The molecule has 2 heterocycles. The van der Waals surface area contributed by atoms with Crippen molar-refractivity contribution in [2.24, 2.45) is 7.05 Å². The van der Waals surface area contributed by atoms with Crippen LogP contribution < -0.4 is 0 Å². The normalized spacial score (nSPS) is 19.8. The number of aromatic nitrogens is 4. The molecule has 1 unspecified atom stereocenters. The molecule has 0 saturated heterocycles. The van der Waals surface area contributed by atoms with E-state index in [1.165, 1.54) is 24.2 Å². The lowest BCUT2D eigenvalue weighted by Gasteiger charge is -2.15. The Morgan fingerprint density at radius 1 is 1.50 bits per heavy atom. The van der Waals surface area contributed by atoms with E-state index in [2.05, 4.69) is 21.9 Å². The van der Waals surface area contributed by atoms with E-state index >= 15 is 0 Å². The third kappa shape index (κ3) is 1.45. The van der Waals surface area contributed by atoms with E-state index in [9.17, 15) is 0 Å². The maximum Gasteiger partial charge on any atom is 0.158 e. The van der Waals surface area contributed by atoms with Gasteiger partial charge in [0, 0.05) is 24.9 Å². The molecule has 0 amide bonds. The topological polar surface area (TPSA) is 46.5 Å². The standard InChI is InChI=1S/C12H16N4/c1-8-4-3-5-9-11(8)15-12(14-9)10-6-16(2)7-13-10/h6-8H,3-5H2,1-2H3,(H,14,15). The van der Waals surface area contributed by atoms with Gasteiger partial charge in [-0.3, -0.25) is 0 Å². The van der Waals surface area contributed by atoms with Crippen molar-refractivity contribution in [1.29, 1.82) is 0 Å². The Morgan fingerprint density at radius 2 is 2.38 bits per heavy atom. The fourth-order valence-corrected chi connectivity index (χ4v) is 2.40. The molecule has 0 aromatic carbocycles. The van der Waals surface area contributed by atoms with E-state index in [-0.39, 0.29) is 0 Å². The third-order valence-corrected chi connectivity index (χ3v) is 3.29. The van der Waals surface area contributed by atoms with E-state index < -0.39 is 0 Å². The molecule has 0 aliphatic heterocycles. The van der Waals surface area contributed by atoms with Crippen molar-refractivity contribution in [3.8, 4) is 11.5 Å². The molecule has 3 rings (SSSR count). The number of aromatic amines is 1. The van der Waals surface area contributed by atoms with Crippen LogP contribution in [0.3, 0.4) is 0 Å². The van der Waals surface area contributed by atoms with Gasteiger partial charge in [-0.25, -0.2) is 9.97 Å². The van der Waals surface area contributed by atoms with Gasteiger partial charge < -0.3 is 9.55 Å². The minimum Gasteiger partial charge on any atom is -0.340 e. The summed E-state index contributed by atoms with van der Waals surface area (Å²) in [7, 11) is 1.97. The van der Waals surface area contributed by atoms with Crippen molar-refractivity contribution in [2.45, 2.75) is 32.1 Å². The Bertz CT molecular complexity index is 509. The lowest BCUT2D eigenvalue weighted by molar-refractivity contribution is 0.574. The molecule has 0 radical (unpaired) electrons. The first kappa shape index (κ1) is 9.63. The van der Waals surface area contributed by atoms with Crippen molar-refractivity contribution >= 4 is 0 Å². The van der Waals surface area contributed by atoms with Gasteiger partial charge in [-0.05, 0) is 19.3 Å². The number of fused-ring (bicyclic) bond motifs is 1. The number of H-pyrrole nitrogens is 1. The van der Waals surface area contributed by atoms with Crippen LogP contribution in [0.1, 0.15) is 37.1 Å². The fraction of sp³-hybridized carbons (Fsp3) is 0.500. The summed E-state index contributed by atoms with van der Waals surface area (Å²) in [6, 6.07) is 0.